The van der Waals surface area contributed by atoms with Crippen molar-refractivity contribution in [2.45, 2.75) is 44.2 Å². The number of benzene rings is 1. The van der Waals surface area contributed by atoms with Crippen LogP contribution in [0.1, 0.15) is 49.0 Å². The van der Waals surface area contributed by atoms with Gasteiger partial charge < -0.3 is 5.32 Å². The normalized spacial score (nSPS) is 13.5. The predicted octanol–water partition coefficient (Wildman–Crippen LogP) is 3.32. The highest BCUT2D eigenvalue weighted by Gasteiger charge is 2.22. The molecule has 2 aromatic rings. The lowest BCUT2D eigenvalue weighted by Gasteiger charge is -2.20. The number of thiophene rings is 1. The third-order valence-electron chi connectivity index (χ3n) is 3.18. The average Bonchev–Trinajstić information content (AvgIpc) is 2.99. The molecule has 0 aliphatic carbocycles. The van der Waals surface area contributed by atoms with Crippen LogP contribution in [0.25, 0.3) is 0 Å². The van der Waals surface area contributed by atoms with E-state index in [2.05, 4.69) is 10.0 Å². The van der Waals surface area contributed by atoms with Crippen molar-refractivity contribution in [1.29, 1.82) is 0 Å². The molecule has 1 heterocycles. The smallest absolute Gasteiger partial charge is 0.251 e. The SMILES string of the molecule is CC(NC(=O)c1ccc(S(=O)(=O)NC(C)(C)C)cc1)c1cccs1. The van der Waals surface area contributed by atoms with Gasteiger partial charge in [-0.3, -0.25) is 4.79 Å². The molecule has 0 fully saturated rings. The molecule has 0 aliphatic heterocycles. The molecule has 0 saturated heterocycles. The van der Waals surface area contributed by atoms with Gasteiger partial charge in [-0.15, -0.1) is 11.3 Å². The van der Waals surface area contributed by atoms with Crippen LogP contribution in [0.4, 0.5) is 0 Å². The fourth-order valence-corrected chi connectivity index (χ4v) is 4.29. The topological polar surface area (TPSA) is 75.3 Å². The number of amides is 1. The third-order valence-corrected chi connectivity index (χ3v) is 6.01. The third kappa shape index (κ3) is 4.90. The molecule has 0 aliphatic rings. The maximum absolute atomic E-state index is 12.3. The Bertz CT molecular complexity index is 789. The van der Waals surface area contributed by atoms with Crippen LogP contribution in [-0.4, -0.2) is 19.9 Å². The molecule has 0 saturated carbocycles. The second kappa shape index (κ2) is 7.04. The molecule has 2 rings (SSSR count). The van der Waals surface area contributed by atoms with Crippen molar-refractivity contribution in [2.75, 3.05) is 0 Å². The van der Waals surface area contributed by atoms with Crippen molar-refractivity contribution >= 4 is 27.3 Å². The molecule has 1 aromatic heterocycles. The Morgan fingerprint density at radius 1 is 1.12 bits per heavy atom. The fourth-order valence-electron chi connectivity index (χ4n) is 2.14. The molecule has 5 nitrogen and oxygen atoms in total. The summed E-state index contributed by atoms with van der Waals surface area (Å²) in [6.45, 7) is 7.24. The summed E-state index contributed by atoms with van der Waals surface area (Å²) in [5.41, 5.74) is -0.140. The Morgan fingerprint density at radius 2 is 1.75 bits per heavy atom. The fraction of sp³-hybridized carbons (Fsp3) is 0.353. The lowest BCUT2D eigenvalue weighted by Crippen LogP contribution is -2.40. The summed E-state index contributed by atoms with van der Waals surface area (Å²) in [5, 5.41) is 4.86. The molecule has 24 heavy (non-hydrogen) atoms. The van der Waals surface area contributed by atoms with Crippen LogP contribution in [0.3, 0.4) is 0 Å². The van der Waals surface area contributed by atoms with Gasteiger partial charge >= 0.3 is 0 Å². The van der Waals surface area contributed by atoms with E-state index in [9.17, 15) is 13.2 Å². The van der Waals surface area contributed by atoms with Crippen molar-refractivity contribution in [2.24, 2.45) is 0 Å². The maximum Gasteiger partial charge on any atom is 0.251 e. The zero-order valence-electron chi connectivity index (χ0n) is 14.2. The molecule has 1 atom stereocenters. The monoisotopic (exact) mass is 366 g/mol. The first-order chi connectivity index (χ1) is 11.1. The van der Waals surface area contributed by atoms with Crippen molar-refractivity contribution in [1.82, 2.24) is 10.0 Å². The molecule has 0 spiro atoms. The van der Waals surface area contributed by atoms with Gasteiger partial charge in [-0.1, -0.05) is 6.07 Å². The van der Waals surface area contributed by atoms with Crippen molar-refractivity contribution in [3.8, 4) is 0 Å². The highest BCUT2D eigenvalue weighted by Crippen LogP contribution is 2.19. The van der Waals surface area contributed by atoms with Gasteiger partial charge in [0.15, 0.2) is 0 Å². The van der Waals surface area contributed by atoms with E-state index in [4.69, 9.17) is 0 Å². The highest BCUT2D eigenvalue weighted by atomic mass is 32.2. The molecule has 1 amide bonds. The van der Waals surface area contributed by atoms with Crippen LogP contribution >= 0.6 is 11.3 Å². The number of rotatable bonds is 5. The van der Waals surface area contributed by atoms with E-state index in [0.29, 0.717) is 5.56 Å². The van der Waals surface area contributed by atoms with Gasteiger partial charge in [0, 0.05) is 16.0 Å². The Hall–Kier alpha value is -1.70. The Morgan fingerprint density at radius 3 is 2.25 bits per heavy atom. The molecule has 2 N–H and O–H groups in total. The number of carbonyl (C=O) groups is 1. The molecule has 1 unspecified atom stereocenters. The summed E-state index contributed by atoms with van der Waals surface area (Å²) in [4.78, 5) is 13.5. The Kier molecular flexibility index (Phi) is 5.47. The molecular formula is C17H22N2O3S2. The predicted molar refractivity (Wildman–Crippen MR) is 96.7 cm³/mol. The first-order valence-electron chi connectivity index (χ1n) is 7.57. The van der Waals surface area contributed by atoms with Crippen LogP contribution in [0, 0.1) is 0 Å². The zero-order valence-corrected chi connectivity index (χ0v) is 15.8. The lowest BCUT2D eigenvalue weighted by molar-refractivity contribution is 0.0940. The van der Waals surface area contributed by atoms with Crippen molar-refractivity contribution < 1.29 is 13.2 Å². The largest absolute Gasteiger partial charge is 0.345 e. The van der Waals surface area contributed by atoms with E-state index in [1.807, 2.05) is 24.4 Å². The Balaban J connectivity index is 2.10. The summed E-state index contributed by atoms with van der Waals surface area (Å²) in [6, 6.07) is 9.73. The van der Waals surface area contributed by atoms with Gasteiger partial charge in [0.25, 0.3) is 5.91 Å². The van der Waals surface area contributed by atoms with Gasteiger partial charge in [0.1, 0.15) is 0 Å². The molecule has 1 aromatic carbocycles. The van der Waals surface area contributed by atoms with Gasteiger partial charge in [-0.2, -0.15) is 0 Å². The van der Waals surface area contributed by atoms with Gasteiger partial charge in [-0.25, -0.2) is 13.1 Å². The van der Waals surface area contributed by atoms with Crippen molar-refractivity contribution in [3.05, 3.63) is 52.2 Å². The molecule has 0 radical (unpaired) electrons. The standard InChI is InChI=1S/C17H22N2O3S2/c1-12(15-6-5-11-23-15)18-16(20)13-7-9-14(10-8-13)24(21,22)19-17(2,3)4/h5-12,19H,1-4H3,(H,18,20). The van der Waals surface area contributed by atoms with E-state index in [0.717, 1.165) is 4.88 Å². The first-order valence-corrected chi connectivity index (χ1v) is 9.93. The van der Waals surface area contributed by atoms with E-state index >= 15 is 0 Å². The number of sulfonamides is 1. The summed E-state index contributed by atoms with van der Waals surface area (Å²) in [6.07, 6.45) is 0. The maximum atomic E-state index is 12.3. The van der Waals surface area contributed by atoms with E-state index in [1.165, 1.54) is 24.3 Å². The van der Waals surface area contributed by atoms with Gasteiger partial charge in [0.2, 0.25) is 10.0 Å². The minimum Gasteiger partial charge on any atom is -0.345 e. The minimum atomic E-state index is -3.60. The summed E-state index contributed by atoms with van der Waals surface area (Å²) >= 11 is 1.58. The zero-order chi connectivity index (χ0) is 18.0. The number of nitrogens with one attached hydrogen (secondary N) is 2. The van der Waals surface area contributed by atoms with Gasteiger partial charge in [0.05, 0.1) is 10.9 Å². The van der Waals surface area contributed by atoms with Crippen LogP contribution < -0.4 is 10.0 Å². The van der Waals surface area contributed by atoms with Crippen LogP contribution in [-0.2, 0) is 10.0 Å². The molecule has 0 bridgehead atoms. The van der Waals surface area contributed by atoms with E-state index in [-0.39, 0.29) is 16.8 Å². The van der Waals surface area contributed by atoms with E-state index < -0.39 is 15.6 Å². The van der Waals surface area contributed by atoms with Crippen LogP contribution in [0.2, 0.25) is 0 Å². The highest BCUT2D eigenvalue weighted by molar-refractivity contribution is 7.89. The average molecular weight is 367 g/mol. The Labute approximate surface area is 147 Å². The number of hydrogen-bond donors (Lipinski definition) is 2. The molecular weight excluding hydrogens is 344 g/mol. The quantitative estimate of drug-likeness (QED) is 0.852. The van der Waals surface area contributed by atoms with Gasteiger partial charge in [-0.05, 0) is 63.4 Å². The summed E-state index contributed by atoms with van der Waals surface area (Å²) < 4.78 is 27.1. The molecule has 130 valence electrons. The van der Waals surface area contributed by atoms with Crippen LogP contribution in [0.5, 0.6) is 0 Å². The molecule has 7 heteroatoms. The summed E-state index contributed by atoms with van der Waals surface area (Å²) in [5.74, 6) is -0.233. The summed E-state index contributed by atoms with van der Waals surface area (Å²) in [7, 11) is -3.60. The number of hydrogen-bond acceptors (Lipinski definition) is 4. The second-order valence-corrected chi connectivity index (χ2v) is 9.25. The van der Waals surface area contributed by atoms with Crippen LogP contribution in [0.15, 0.2) is 46.7 Å². The second-order valence-electron chi connectivity index (χ2n) is 6.59. The van der Waals surface area contributed by atoms with E-state index in [1.54, 1.807) is 32.1 Å². The first kappa shape index (κ1) is 18.6. The van der Waals surface area contributed by atoms with Crippen molar-refractivity contribution in [3.63, 3.8) is 0 Å². The number of carbonyl (C=O) groups excluding carboxylic acids is 1. The lowest BCUT2D eigenvalue weighted by atomic mass is 10.1. The minimum absolute atomic E-state index is 0.0940.